The number of nitrogens with one attached hydrogen (secondary N) is 2. The summed E-state index contributed by atoms with van der Waals surface area (Å²) in [5.74, 6) is 3.00. The summed E-state index contributed by atoms with van der Waals surface area (Å²) in [5, 5.41) is 6.32. The molecular formula is C11H22N2OS. The minimum atomic E-state index is -0.0625. The molecule has 1 fully saturated rings. The molecule has 1 heterocycles. The third-order valence-electron chi connectivity index (χ3n) is 2.49. The molecule has 0 aliphatic carbocycles. The van der Waals surface area contributed by atoms with Crippen molar-refractivity contribution in [2.24, 2.45) is 5.92 Å². The van der Waals surface area contributed by atoms with Crippen molar-refractivity contribution in [3.8, 4) is 0 Å². The van der Waals surface area contributed by atoms with Crippen LogP contribution in [0, 0.1) is 5.92 Å². The second-order valence-electron chi connectivity index (χ2n) is 4.59. The van der Waals surface area contributed by atoms with Gasteiger partial charge in [-0.2, -0.15) is 11.8 Å². The summed E-state index contributed by atoms with van der Waals surface area (Å²) in [6.45, 7) is 6.92. The van der Waals surface area contributed by atoms with E-state index in [4.69, 9.17) is 0 Å². The van der Waals surface area contributed by atoms with Crippen molar-refractivity contribution in [2.75, 3.05) is 18.1 Å². The zero-order valence-electron chi connectivity index (χ0n) is 9.88. The maximum atomic E-state index is 11.7. The predicted molar refractivity (Wildman–Crippen MR) is 66.2 cm³/mol. The van der Waals surface area contributed by atoms with Crippen LogP contribution in [0.1, 0.15) is 27.2 Å². The number of hydrogen-bond donors (Lipinski definition) is 2. The lowest BCUT2D eigenvalue weighted by Crippen LogP contribution is -2.47. The molecule has 0 aromatic carbocycles. The number of carbonyl (C=O) groups excluding carboxylic acids is 1. The van der Waals surface area contributed by atoms with E-state index in [1.54, 1.807) is 0 Å². The van der Waals surface area contributed by atoms with Crippen LogP contribution in [0.4, 0.5) is 0 Å². The standard InChI is InChI=1S/C11H22N2OS/c1-8(2)6-12-11(14)9(3)13-10-4-5-15-7-10/h8-10,13H,4-7H2,1-3H3,(H,12,14). The molecule has 1 aliphatic heterocycles. The van der Waals surface area contributed by atoms with Crippen molar-refractivity contribution in [2.45, 2.75) is 39.3 Å². The van der Waals surface area contributed by atoms with Crippen molar-refractivity contribution in [3.63, 3.8) is 0 Å². The lowest BCUT2D eigenvalue weighted by Gasteiger charge is -2.18. The van der Waals surface area contributed by atoms with Crippen LogP contribution in [-0.4, -0.2) is 36.0 Å². The highest BCUT2D eigenvalue weighted by Gasteiger charge is 2.20. The largest absolute Gasteiger partial charge is 0.354 e. The summed E-state index contributed by atoms with van der Waals surface area (Å²) in [6.07, 6.45) is 1.19. The molecule has 1 aliphatic rings. The molecular weight excluding hydrogens is 208 g/mol. The fourth-order valence-electron chi connectivity index (χ4n) is 1.55. The highest BCUT2D eigenvalue weighted by atomic mass is 32.2. The number of thioether (sulfide) groups is 1. The van der Waals surface area contributed by atoms with E-state index < -0.39 is 0 Å². The zero-order chi connectivity index (χ0) is 11.3. The Morgan fingerprint density at radius 3 is 2.73 bits per heavy atom. The maximum absolute atomic E-state index is 11.7. The van der Waals surface area contributed by atoms with Gasteiger partial charge in [0.2, 0.25) is 5.91 Å². The van der Waals surface area contributed by atoms with E-state index in [9.17, 15) is 4.79 Å². The molecule has 0 spiro atoms. The van der Waals surface area contributed by atoms with Gasteiger partial charge < -0.3 is 10.6 Å². The van der Waals surface area contributed by atoms with Crippen molar-refractivity contribution in [1.82, 2.24) is 10.6 Å². The Kier molecular flexibility index (Phi) is 5.47. The molecule has 1 saturated heterocycles. The quantitative estimate of drug-likeness (QED) is 0.747. The summed E-state index contributed by atoms with van der Waals surface area (Å²) in [4.78, 5) is 11.7. The average Bonchev–Trinajstić information content (AvgIpc) is 2.66. The molecule has 2 N–H and O–H groups in total. The Labute approximate surface area is 96.8 Å². The van der Waals surface area contributed by atoms with Crippen molar-refractivity contribution >= 4 is 17.7 Å². The number of hydrogen-bond acceptors (Lipinski definition) is 3. The van der Waals surface area contributed by atoms with Gasteiger partial charge in [-0.05, 0) is 25.0 Å². The Morgan fingerprint density at radius 2 is 2.20 bits per heavy atom. The molecule has 1 amide bonds. The van der Waals surface area contributed by atoms with E-state index in [-0.39, 0.29) is 11.9 Å². The van der Waals surface area contributed by atoms with E-state index >= 15 is 0 Å². The lowest BCUT2D eigenvalue weighted by molar-refractivity contribution is -0.123. The van der Waals surface area contributed by atoms with Crippen molar-refractivity contribution in [3.05, 3.63) is 0 Å². The lowest BCUT2D eigenvalue weighted by atomic mass is 10.2. The first-order valence-electron chi connectivity index (χ1n) is 5.71. The molecule has 0 saturated carbocycles. The number of amides is 1. The van der Waals surface area contributed by atoms with E-state index in [0.717, 1.165) is 12.3 Å². The number of rotatable bonds is 5. The highest BCUT2D eigenvalue weighted by molar-refractivity contribution is 7.99. The van der Waals surface area contributed by atoms with Crippen LogP contribution in [0.25, 0.3) is 0 Å². The van der Waals surface area contributed by atoms with Crippen LogP contribution in [0.5, 0.6) is 0 Å². The third kappa shape index (κ3) is 4.89. The molecule has 0 aromatic rings. The Bertz CT molecular complexity index is 203. The first-order chi connectivity index (χ1) is 7.09. The fraction of sp³-hybridized carbons (Fsp3) is 0.909. The summed E-state index contributed by atoms with van der Waals surface area (Å²) in [5.41, 5.74) is 0. The Balaban J connectivity index is 2.19. The molecule has 0 bridgehead atoms. The second kappa shape index (κ2) is 6.38. The minimum Gasteiger partial charge on any atom is -0.354 e. The van der Waals surface area contributed by atoms with Gasteiger partial charge in [0.1, 0.15) is 0 Å². The van der Waals surface area contributed by atoms with Gasteiger partial charge in [-0.25, -0.2) is 0 Å². The second-order valence-corrected chi connectivity index (χ2v) is 5.74. The molecule has 2 unspecified atom stereocenters. The summed E-state index contributed by atoms with van der Waals surface area (Å²) in [7, 11) is 0. The monoisotopic (exact) mass is 230 g/mol. The van der Waals surface area contributed by atoms with Gasteiger partial charge in [0.15, 0.2) is 0 Å². The van der Waals surface area contributed by atoms with E-state index in [1.807, 2.05) is 18.7 Å². The highest BCUT2D eigenvalue weighted by Crippen LogP contribution is 2.17. The molecule has 0 radical (unpaired) electrons. The van der Waals surface area contributed by atoms with Gasteiger partial charge in [0.25, 0.3) is 0 Å². The molecule has 1 rings (SSSR count). The SMILES string of the molecule is CC(C)CNC(=O)C(C)NC1CCSC1. The number of carbonyl (C=O) groups is 1. The van der Waals surface area contributed by atoms with E-state index in [2.05, 4.69) is 24.5 Å². The van der Waals surface area contributed by atoms with Gasteiger partial charge in [-0.1, -0.05) is 13.8 Å². The van der Waals surface area contributed by atoms with Crippen LogP contribution in [0.3, 0.4) is 0 Å². The Morgan fingerprint density at radius 1 is 1.47 bits per heavy atom. The van der Waals surface area contributed by atoms with E-state index in [0.29, 0.717) is 12.0 Å². The van der Waals surface area contributed by atoms with Crippen LogP contribution < -0.4 is 10.6 Å². The average molecular weight is 230 g/mol. The van der Waals surface area contributed by atoms with Gasteiger partial charge in [0.05, 0.1) is 6.04 Å². The topological polar surface area (TPSA) is 41.1 Å². The van der Waals surface area contributed by atoms with Gasteiger partial charge >= 0.3 is 0 Å². The molecule has 3 nitrogen and oxygen atoms in total. The summed E-state index contributed by atoms with van der Waals surface area (Å²) >= 11 is 1.96. The summed E-state index contributed by atoms with van der Waals surface area (Å²) in [6, 6.07) is 0.460. The van der Waals surface area contributed by atoms with Crippen molar-refractivity contribution in [1.29, 1.82) is 0 Å². The molecule has 4 heteroatoms. The predicted octanol–water partition coefficient (Wildman–Crippen LogP) is 1.24. The third-order valence-corrected chi connectivity index (χ3v) is 3.66. The van der Waals surface area contributed by atoms with Crippen LogP contribution >= 0.6 is 11.8 Å². The molecule has 88 valence electrons. The van der Waals surface area contributed by atoms with Crippen LogP contribution in [0.15, 0.2) is 0 Å². The van der Waals surface area contributed by atoms with E-state index in [1.165, 1.54) is 12.2 Å². The van der Waals surface area contributed by atoms with Crippen LogP contribution in [-0.2, 0) is 4.79 Å². The fourth-order valence-corrected chi connectivity index (χ4v) is 2.72. The smallest absolute Gasteiger partial charge is 0.236 e. The first kappa shape index (κ1) is 12.8. The zero-order valence-corrected chi connectivity index (χ0v) is 10.7. The van der Waals surface area contributed by atoms with Gasteiger partial charge in [0, 0.05) is 18.3 Å². The van der Waals surface area contributed by atoms with Crippen LogP contribution in [0.2, 0.25) is 0 Å². The van der Waals surface area contributed by atoms with Gasteiger partial charge in [-0.15, -0.1) is 0 Å². The van der Waals surface area contributed by atoms with Gasteiger partial charge in [-0.3, -0.25) is 4.79 Å². The first-order valence-corrected chi connectivity index (χ1v) is 6.86. The molecule has 0 aromatic heterocycles. The van der Waals surface area contributed by atoms with Crippen molar-refractivity contribution < 1.29 is 4.79 Å². The molecule has 15 heavy (non-hydrogen) atoms. The molecule has 2 atom stereocenters. The summed E-state index contributed by atoms with van der Waals surface area (Å²) < 4.78 is 0. The maximum Gasteiger partial charge on any atom is 0.236 e. The normalized spacial score (nSPS) is 23.1. The Hall–Kier alpha value is -0.220. The minimum absolute atomic E-state index is 0.0625.